The summed E-state index contributed by atoms with van der Waals surface area (Å²) < 4.78 is 0. The van der Waals surface area contributed by atoms with Crippen molar-refractivity contribution in [1.29, 1.82) is 0 Å². The molecule has 1 aromatic rings. The first kappa shape index (κ1) is 11.1. The third kappa shape index (κ3) is 2.81. The quantitative estimate of drug-likeness (QED) is 0.775. The van der Waals surface area contributed by atoms with Gasteiger partial charge in [-0.25, -0.2) is 0 Å². The van der Waals surface area contributed by atoms with Crippen molar-refractivity contribution in [3.63, 3.8) is 0 Å². The highest BCUT2D eigenvalue weighted by Crippen LogP contribution is 2.28. The van der Waals surface area contributed by atoms with E-state index < -0.39 is 0 Å². The second-order valence-corrected chi connectivity index (χ2v) is 5.15. The molecule has 0 bridgehead atoms. The van der Waals surface area contributed by atoms with E-state index in [0.29, 0.717) is 6.04 Å². The molecule has 1 atom stereocenters. The fourth-order valence-electron chi connectivity index (χ4n) is 2.55. The Bertz CT molecular complexity index is 366. The first-order chi connectivity index (χ1) is 8.31. The maximum absolute atomic E-state index is 4.27. The van der Waals surface area contributed by atoms with Gasteiger partial charge >= 0.3 is 0 Å². The molecule has 17 heavy (non-hydrogen) atoms. The summed E-state index contributed by atoms with van der Waals surface area (Å²) >= 11 is 0. The summed E-state index contributed by atoms with van der Waals surface area (Å²) in [6.45, 7) is 3.15. The van der Waals surface area contributed by atoms with Crippen molar-refractivity contribution >= 4 is 0 Å². The molecular weight excluding hydrogens is 216 g/mol. The molecule has 6 heteroatoms. The summed E-state index contributed by atoms with van der Waals surface area (Å²) in [5, 5.41) is 15.8. The zero-order valence-electron chi connectivity index (χ0n) is 10.3. The molecule has 94 valence electrons. The van der Waals surface area contributed by atoms with Crippen molar-refractivity contribution in [2.75, 3.05) is 13.1 Å². The number of nitrogens with zero attached hydrogens (tertiary/aromatic N) is 5. The van der Waals surface area contributed by atoms with E-state index in [1.165, 1.54) is 37.0 Å². The van der Waals surface area contributed by atoms with Crippen LogP contribution in [-0.2, 0) is 13.6 Å². The van der Waals surface area contributed by atoms with E-state index in [4.69, 9.17) is 0 Å². The SMILES string of the molecule is Cn1nnc(CN(CC2CCCN2)C2CC2)n1. The van der Waals surface area contributed by atoms with Crippen LogP contribution in [0.2, 0.25) is 0 Å². The molecule has 3 rings (SSSR count). The molecular formula is C11H20N6. The van der Waals surface area contributed by atoms with Crippen LogP contribution < -0.4 is 5.32 Å². The molecule has 0 amide bonds. The van der Waals surface area contributed by atoms with E-state index in [1.807, 2.05) is 7.05 Å². The zero-order valence-corrected chi connectivity index (χ0v) is 10.3. The van der Waals surface area contributed by atoms with E-state index in [-0.39, 0.29) is 0 Å². The molecule has 6 nitrogen and oxygen atoms in total. The number of aryl methyl sites for hydroxylation is 1. The third-order valence-electron chi connectivity index (χ3n) is 3.57. The predicted octanol–water partition coefficient (Wildman–Crippen LogP) is -0.0735. The van der Waals surface area contributed by atoms with E-state index >= 15 is 0 Å². The summed E-state index contributed by atoms with van der Waals surface area (Å²) in [7, 11) is 1.82. The Morgan fingerprint density at radius 2 is 2.29 bits per heavy atom. The van der Waals surface area contributed by atoms with Gasteiger partial charge in [-0.3, -0.25) is 4.90 Å². The van der Waals surface area contributed by atoms with Crippen molar-refractivity contribution in [3.05, 3.63) is 5.82 Å². The van der Waals surface area contributed by atoms with Gasteiger partial charge < -0.3 is 5.32 Å². The second kappa shape index (κ2) is 4.70. The number of nitrogens with one attached hydrogen (secondary N) is 1. The van der Waals surface area contributed by atoms with Crippen LogP contribution in [0.4, 0.5) is 0 Å². The van der Waals surface area contributed by atoms with Crippen LogP contribution in [-0.4, -0.2) is 50.3 Å². The van der Waals surface area contributed by atoms with Gasteiger partial charge in [0.2, 0.25) is 0 Å². The molecule has 0 aromatic carbocycles. The maximum atomic E-state index is 4.27. The lowest BCUT2D eigenvalue weighted by Gasteiger charge is -2.23. The number of tetrazole rings is 1. The van der Waals surface area contributed by atoms with Crippen molar-refractivity contribution in [2.24, 2.45) is 7.05 Å². The summed E-state index contributed by atoms with van der Waals surface area (Å²) in [5.41, 5.74) is 0. The van der Waals surface area contributed by atoms with Gasteiger partial charge in [-0.05, 0) is 37.4 Å². The Morgan fingerprint density at radius 1 is 1.41 bits per heavy atom. The Hall–Kier alpha value is -1.01. The molecule has 1 saturated heterocycles. The predicted molar refractivity (Wildman–Crippen MR) is 63.3 cm³/mol. The molecule has 1 aliphatic heterocycles. The van der Waals surface area contributed by atoms with Crippen molar-refractivity contribution in [1.82, 2.24) is 30.4 Å². The van der Waals surface area contributed by atoms with Gasteiger partial charge in [-0.1, -0.05) is 0 Å². The average Bonchev–Trinajstić information content (AvgIpc) is 2.89. The highest BCUT2D eigenvalue weighted by atomic mass is 15.6. The minimum atomic E-state index is 0.660. The third-order valence-corrected chi connectivity index (χ3v) is 3.57. The first-order valence-electron chi connectivity index (χ1n) is 6.51. The lowest BCUT2D eigenvalue weighted by Crippen LogP contribution is -2.38. The number of hydrogen-bond acceptors (Lipinski definition) is 5. The molecule has 1 saturated carbocycles. The lowest BCUT2D eigenvalue weighted by atomic mass is 10.2. The van der Waals surface area contributed by atoms with E-state index in [1.54, 1.807) is 0 Å². The largest absolute Gasteiger partial charge is 0.313 e. The van der Waals surface area contributed by atoms with Crippen molar-refractivity contribution < 1.29 is 0 Å². The molecule has 2 fully saturated rings. The fraction of sp³-hybridized carbons (Fsp3) is 0.909. The zero-order chi connectivity index (χ0) is 11.7. The van der Waals surface area contributed by atoms with Crippen LogP contribution in [0.5, 0.6) is 0 Å². The molecule has 1 aliphatic carbocycles. The number of hydrogen-bond donors (Lipinski definition) is 1. The van der Waals surface area contributed by atoms with Gasteiger partial charge in [0, 0.05) is 18.6 Å². The van der Waals surface area contributed by atoms with E-state index in [9.17, 15) is 0 Å². The molecule has 2 heterocycles. The summed E-state index contributed by atoms with van der Waals surface area (Å²) in [6.07, 6.45) is 5.27. The minimum Gasteiger partial charge on any atom is -0.313 e. The fourth-order valence-corrected chi connectivity index (χ4v) is 2.55. The Labute approximate surface area is 101 Å². The van der Waals surface area contributed by atoms with E-state index in [2.05, 4.69) is 25.6 Å². The second-order valence-electron chi connectivity index (χ2n) is 5.15. The number of rotatable bonds is 5. The van der Waals surface area contributed by atoms with Crippen LogP contribution in [0.1, 0.15) is 31.5 Å². The highest BCUT2D eigenvalue weighted by molar-refractivity contribution is 4.91. The Balaban J connectivity index is 1.59. The van der Waals surface area contributed by atoms with Gasteiger partial charge in [0.25, 0.3) is 0 Å². The topological polar surface area (TPSA) is 58.9 Å². The molecule has 1 aromatic heterocycles. The Kier molecular flexibility index (Phi) is 3.07. The lowest BCUT2D eigenvalue weighted by molar-refractivity contribution is 0.225. The van der Waals surface area contributed by atoms with Gasteiger partial charge in [0.05, 0.1) is 13.6 Å². The Morgan fingerprint density at radius 3 is 2.88 bits per heavy atom. The smallest absolute Gasteiger partial charge is 0.188 e. The minimum absolute atomic E-state index is 0.660. The summed E-state index contributed by atoms with van der Waals surface area (Å²) in [4.78, 5) is 4.05. The van der Waals surface area contributed by atoms with Gasteiger partial charge in [0.15, 0.2) is 5.82 Å². The van der Waals surface area contributed by atoms with Crippen LogP contribution in [0.25, 0.3) is 0 Å². The van der Waals surface area contributed by atoms with Crippen LogP contribution in [0.15, 0.2) is 0 Å². The number of aromatic nitrogens is 4. The van der Waals surface area contributed by atoms with Gasteiger partial charge in [-0.15, -0.1) is 10.2 Å². The molecule has 0 radical (unpaired) electrons. The van der Waals surface area contributed by atoms with Gasteiger partial charge in [0.1, 0.15) is 0 Å². The summed E-state index contributed by atoms with van der Waals surface area (Å²) in [5.74, 6) is 0.845. The van der Waals surface area contributed by atoms with Crippen LogP contribution in [0.3, 0.4) is 0 Å². The van der Waals surface area contributed by atoms with Gasteiger partial charge in [-0.2, -0.15) is 4.80 Å². The van der Waals surface area contributed by atoms with E-state index in [0.717, 1.165) is 25.0 Å². The van der Waals surface area contributed by atoms with Crippen LogP contribution in [0, 0.1) is 0 Å². The average molecular weight is 236 g/mol. The standard InChI is InChI=1S/C11H20N6/c1-16-14-11(13-15-16)8-17(10-4-5-10)7-9-3-2-6-12-9/h9-10,12H,2-8H2,1H3. The molecule has 1 N–H and O–H groups in total. The molecule has 2 aliphatic rings. The van der Waals surface area contributed by atoms with Crippen molar-refractivity contribution in [2.45, 2.75) is 44.3 Å². The highest BCUT2D eigenvalue weighted by Gasteiger charge is 2.32. The molecule has 0 spiro atoms. The maximum Gasteiger partial charge on any atom is 0.188 e. The monoisotopic (exact) mass is 236 g/mol. The van der Waals surface area contributed by atoms with Crippen LogP contribution >= 0.6 is 0 Å². The van der Waals surface area contributed by atoms with Crippen molar-refractivity contribution in [3.8, 4) is 0 Å². The molecule has 1 unspecified atom stereocenters. The normalized spacial score (nSPS) is 24.7. The summed E-state index contributed by atoms with van der Waals surface area (Å²) in [6, 6.07) is 1.41. The first-order valence-corrected chi connectivity index (χ1v) is 6.51.